The van der Waals surface area contributed by atoms with Gasteiger partial charge in [-0.15, -0.1) is 11.3 Å². The van der Waals surface area contributed by atoms with Gasteiger partial charge >= 0.3 is 0 Å². The summed E-state index contributed by atoms with van der Waals surface area (Å²) in [6.07, 6.45) is 0. The molecular formula is C16H12FNOS2. The van der Waals surface area contributed by atoms with Crippen molar-refractivity contribution in [1.82, 2.24) is 4.98 Å². The largest absolute Gasteiger partial charge is 0.293 e. The quantitative estimate of drug-likeness (QED) is 0.511. The van der Waals surface area contributed by atoms with Crippen LogP contribution in [0.5, 0.6) is 0 Å². The molecule has 0 unspecified atom stereocenters. The maximum absolute atomic E-state index is 12.9. The Morgan fingerprint density at radius 3 is 2.62 bits per heavy atom. The number of thioether (sulfide) groups is 1. The van der Waals surface area contributed by atoms with Crippen LogP contribution in [0.2, 0.25) is 0 Å². The van der Waals surface area contributed by atoms with Crippen LogP contribution < -0.4 is 0 Å². The number of ketones is 1. The van der Waals surface area contributed by atoms with Gasteiger partial charge in [0.1, 0.15) is 5.82 Å². The van der Waals surface area contributed by atoms with Gasteiger partial charge in [0, 0.05) is 5.56 Å². The van der Waals surface area contributed by atoms with Gasteiger partial charge < -0.3 is 0 Å². The minimum Gasteiger partial charge on any atom is -0.293 e. The van der Waals surface area contributed by atoms with Gasteiger partial charge in [0.15, 0.2) is 10.1 Å². The molecule has 0 amide bonds. The minimum absolute atomic E-state index is 0.0146. The topological polar surface area (TPSA) is 30.0 Å². The number of halogens is 1. The van der Waals surface area contributed by atoms with Gasteiger partial charge in [0.2, 0.25) is 0 Å². The van der Waals surface area contributed by atoms with E-state index < -0.39 is 0 Å². The van der Waals surface area contributed by atoms with Gasteiger partial charge in [-0.1, -0.05) is 23.9 Å². The zero-order valence-electron chi connectivity index (χ0n) is 11.2. The van der Waals surface area contributed by atoms with E-state index in [9.17, 15) is 9.18 Å². The van der Waals surface area contributed by atoms with E-state index in [-0.39, 0.29) is 16.9 Å². The molecular weight excluding hydrogens is 305 g/mol. The average molecular weight is 317 g/mol. The first-order valence-electron chi connectivity index (χ1n) is 6.45. The van der Waals surface area contributed by atoms with Crippen molar-refractivity contribution in [2.75, 3.05) is 0 Å². The Hall–Kier alpha value is -1.72. The van der Waals surface area contributed by atoms with Crippen LogP contribution in [0.3, 0.4) is 0 Å². The van der Waals surface area contributed by atoms with Crippen molar-refractivity contribution in [2.24, 2.45) is 0 Å². The fourth-order valence-corrected chi connectivity index (χ4v) is 4.24. The lowest BCUT2D eigenvalue weighted by Gasteiger charge is -2.07. The third kappa shape index (κ3) is 3.14. The summed E-state index contributed by atoms with van der Waals surface area (Å²) >= 11 is 3.02. The smallest absolute Gasteiger partial charge is 0.175 e. The highest BCUT2D eigenvalue weighted by atomic mass is 32.2. The summed E-state index contributed by atoms with van der Waals surface area (Å²) in [5, 5.41) is -0.254. The Morgan fingerprint density at radius 2 is 1.90 bits per heavy atom. The number of nitrogens with zero attached hydrogens (tertiary/aromatic N) is 1. The van der Waals surface area contributed by atoms with E-state index in [0.717, 1.165) is 14.6 Å². The molecule has 3 aromatic rings. The monoisotopic (exact) mass is 317 g/mol. The molecule has 1 heterocycles. The minimum atomic E-state index is -0.335. The summed E-state index contributed by atoms with van der Waals surface area (Å²) < 4.78 is 14.9. The lowest BCUT2D eigenvalue weighted by atomic mass is 10.1. The van der Waals surface area contributed by atoms with E-state index in [1.54, 1.807) is 11.3 Å². The van der Waals surface area contributed by atoms with Crippen LogP contribution in [-0.2, 0) is 0 Å². The number of carbonyl (C=O) groups excluding carboxylic acids is 1. The summed E-state index contributed by atoms with van der Waals surface area (Å²) in [6.45, 7) is 1.85. The molecule has 0 aliphatic heterocycles. The number of carbonyl (C=O) groups is 1. The number of rotatable bonds is 4. The van der Waals surface area contributed by atoms with Crippen molar-refractivity contribution in [3.8, 4) is 0 Å². The first kappa shape index (κ1) is 14.2. The van der Waals surface area contributed by atoms with Crippen LogP contribution in [0.15, 0.2) is 52.9 Å². The lowest BCUT2D eigenvalue weighted by Crippen LogP contribution is -2.13. The Bertz CT molecular complexity index is 749. The van der Waals surface area contributed by atoms with E-state index in [2.05, 4.69) is 4.98 Å². The second-order valence-electron chi connectivity index (χ2n) is 4.58. The molecule has 1 aromatic heterocycles. The van der Waals surface area contributed by atoms with Crippen LogP contribution >= 0.6 is 23.1 Å². The van der Waals surface area contributed by atoms with Gasteiger partial charge in [-0.25, -0.2) is 9.37 Å². The number of Topliss-reactive ketones (excluding diaryl/α,β-unsaturated/α-hetero) is 1. The Balaban J connectivity index is 1.77. The molecule has 0 fully saturated rings. The third-order valence-electron chi connectivity index (χ3n) is 3.05. The Kier molecular flexibility index (Phi) is 4.03. The standard InChI is InChI=1S/C16H12FNOS2/c1-10(15(19)11-6-8-12(17)9-7-11)20-16-18-13-4-2-3-5-14(13)21-16/h2-10H,1H3/t10-/m1/s1. The van der Waals surface area contributed by atoms with Crippen molar-refractivity contribution in [3.05, 3.63) is 59.9 Å². The molecule has 0 aliphatic rings. The number of hydrogen-bond donors (Lipinski definition) is 0. The van der Waals surface area contributed by atoms with Crippen LogP contribution in [0.4, 0.5) is 4.39 Å². The number of aromatic nitrogens is 1. The molecule has 3 rings (SSSR count). The zero-order chi connectivity index (χ0) is 14.8. The van der Waals surface area contributed by atoms with Crippen LogP contribution in [-0.4, -0.2) is 16.0 Å². The fourth-order valence-electron chi connectivity index (χ4n) is 1.96. The summed E-state index contributed by atoms with van der Waals surface area (Å²) in [6, 6.07) is 13.6. The summed E-state index contributed by atoms with van der Waals surface area (Å²) in [5.41, 5.74) is 1.48. The van der Waals surface area contributed by atoms with Gasteiger partial charge in [0.05, 0.1) is 15.5 Å². The molecule has 0 spiro atoms. The van der Waals surface area contributed by atoms with Crippen molar-refractivity contribution in [1.29, 1.82) is 0 Å². The van der Waals surface area contributed by atoms with Crippen molar-refractivity contribution >= 4 is 39.1 Å². The Morgan fingerprint density at radius 1 is 1.19 bits per heavy atom. The molecule has 0 radical (unpaired) electrons. The molecule has 2 nitrogen and oxygen atoms in total. The Labute approximate surface area is 130 Å². The predicted octanol–water partition coefficient (Wildman–Crippen LogP) is 4.80. The molecule has 0 saturated carbocycles. The first-order chi connectivity index (χ1) is 10.1. The van der Waals surface area contributed by atoms with E-state index in [1.165, 1.54) is 36.0 Å². The van der Waals surface area contributed by atoms with Crippen LogP contribution in [0.25, 0.3) is 10.2 Å². The van der Waals surface area contributed by atoms with E-state index >= 15 is 0 Å². The summed E-state index contributed by atoms with van der Waals surface area (Å²) in [7, 11) is 0. The first-order valence-corrected chi connectivity index (χ1v) is 8.15. The third-order valence-corrected chi connectivity index (χ3v) is 5.28. The highest BCUT2D eigenvalue weighted by Crippen LogP contribution is 2.32. The molecule has 0 aliphatic carbocycles. The van der Waals surface area contributed by atoms with E-state index in [4.69, 9.17) is 0 Å². The number of hydrogen-bond acceptors (Lipinski definition) is 4. The van der Waals surface area contributed by atoms with Crippen molar-refractivity contribution in [2.45, 2.75) is 16.5 Å². The molecule has 5 heteroatoms. The van der Waals surface area contributed by atoms with Crippen LogP contribution in [0, 0.1) is 5.82 Å². The number of fused-ring (bicyclic) bond motifs is 1. The maximum atomic E-state index is 12.9. The van der Waals surface area contributed by atoms with Crippen LogP contribution in [0.1, 0.15) is 17.3 Å². The number of para-hydroxylation sites is 1. The summed E-state index contributed by atoms with van der Waals surface area (Å²) in [5.74, 6) is -0.350. The number of benzene rings is 2. The summed E-state index contributed by atoms with van der Waals surface area (Å²) in [4.78, 5) is 16.8. The average Bonchev–Trinajstić information content (AvgIpc) is 2.89. The van der Waals surface area contributed by atoms with Crippen molar-refractivity contribution < 1.29 is 9.18 Å². The van der Waals surface area contributed by atoms with E-state index in [1.807, 2.05) is 31.2 Å². The van der Waals surface area contributed by atoms with Gasteiger partial charge in [-0.2, -0.15) is 0 Å². The van der Waals surface area contributed by atoms with Gasteiger partial charge in [-0.3, -0.25) is 4.79 Å². The van der Waals surface area contributed by atoms with Crippen molar-refractivity contribution in [3.63, 3.8) is 0 Å². The lowest BCUT2D eigenvalue weighted by molar-refractivity contribution is 0.0994. The van der Waals surface area contributed by atoms with Gasteiger partial charge in [-0.05, 0) is 43.3 Å². The van der Waals surface area contributed by atoms with E-state index in [0.29, 0.717) is 5.56 Å². The molecule has 0 bridgehead atoms. The van der Waals surface area contributed by atoms with Gasteiger partial charge in [0.25, 0.3) is 0 Å². The molecule has 21 heavy (non-hydrogen) atoms. The molecule has 106 valence electrons. The second kappa shape index (κ2) is 5.95. The normalized spacial score (nSPS) is 12.5. The molecule has 1 atom stereocenters. The molecule has 0 N–H and O–H groups in total. The predicted molar refractivity (Wildman–Crippen MR) is 85.7 cm³/mol. The highest BCUT2D eigenvalue weighted by molar-refractivity contribution is 8.02. The second-order valence-corrected chi connectivity index (χ2v) is 7.20. The highest BCUT2D eigenvalue weighted by Gasteiger charge is 2.18. The maximum Gasteiger partial charge on any atom is 0.175 e. The fraction of sp³-hybridized carbons (Fsp3) is 0.125. The SMILES string of the molecule is C[C@@H](Sc1nc2ccccc2s1)C(=O)c1ccc(F)cc1. The number of thiazole rings is 1. The molecule has 0 saturated heterocycles. The molecule has 2 aromatic carbocycles. The zero-order valence-corrected chi connectivity index (χ0v) is 12.9.